The molecule has 1 aromatic rings. The number of hydrogen-bond donors (Lipinski definition) is 1. The Kier molecular flexibility index (Phi) is 5.21. The van der Waals surface area contributed by atoms with Crippen LogP contribution in [0.5, 0.6) is 0 Å². The summed E-state index contributed by atoms with van der Waals surface area (Å²) in [6, 6.07) is 0. The van der Waals surface area contributed by atoms with Crippen molar-refractivity contribution in [3.8, 4) is 0 Å². The Morgan fingerprint density at radius 3 is 2.57 bits per heavy atom. The maximum Gasteiger partial charge on any atom is 0.411 e. The molecule has 1 aromatic heterocycles. The molecule has 5 nitrogen and oxygen atoms in total. The van der Waals surface area contributed by atoms with Gasteiger partial charge in [-0.1, -0.05) is 24.4 Å². The van der Waals surface area contributed by atoms with Gasteiger partial charge in [0.1, 0.15) is 6.61 Å². The van der Waals surface area contributed by atoms with E-state index in [0.717, 1.165) is 25.7 Å². The summed E-state index contributed by atoms with van der Waals surface area (Å²) in [5.41, 5.74) is 5.60. The van der Waals surface area contributed by atoms with Crippen molar-refractivity contribution in [2.24, 2.45) is 5.73 Å². The Hall–Kier alpha value is -1.15. The SMILES string of the molecule is NCC1(c2nc(CCOCC(F)(F)F)no2)CCCCC1. The van der Waals surface area contributed by atoms with Crippen molar-refractivity contribution in [3.05, 3.63) is 11.7 Å². The number of ether oxygens (including phenoxy) is 1. The minimum atomic E-state index is -4.31. The lowest BCUT2D eigenvalue weighted by Gasteiger charge is -2.32. The summed E-state index contributed by atoms with van der Waals surface area (Å²) in [5.74, 6) is 0.876. The Morgan fingerprint density at radius 2 is 1.95 bits per heavy atom. The average molecular weight is 307 g/mol. The molecule has 1 aliphatic carbocycles. The molecule has 0 spiro atoms. The van der Waals surface area contributed by atoms with Crippen LogP contribution in [0.15, 0.2) is 4.52 Å². The summed E-state index contributed by atoms with van der Waals surface area (Å²) in [6.07, 6.45) is 1.03. The molecule has 1 aliphatic rings. The molecule has 2 N–H and O–H groups in total. The highest BCUT2D eigenvalue weighted by Crippen LogP contribution is 2.37. The van der Waals surface area contributed by atoms with Crippen LogP contribution >= 0.6 is 0 Å². The predicted octanol–water partition coefficient (Wildman–Crippen LogP) is 2.35. The highest BCUT2D eigenvalue weighted by Gasteiger charge is 2.38. The minimum Gasteiger partial charge on any atom is -0.372 e. The molecular formula is C13H20F3N3O2. The maximum atomic E-state index is 11.9. The van der Waals surface area contributed by atoms with Crippen molar-refractivity contribution in [1.29, 1.82) is 0 Å². The van der Waals surface area contributed by atoms with Crippen molar-refractivity contribution in [2.45, 2.75) is 50.1 Å². The number of aromatic nitrogens is 2. The van der Waals surface area contributed by atoms with Gasteiger partial charge in [-0.25, -0.2) is 0 Å². The molecule has 0 unspecified atom stereocenters. The summed E-state index contributed by atoms with van der Waals surface area (Å²) in [7, 11) is 0. The van der Waals surface area contributed by atoms with E-state index in [1.54, 1.807) is 0 Å². The largest absolute Gasteiger partial charge is 0.411 e. The molecule has 21 heavy (non-hydrogen) atoms. The van der Waals surface area contributed by atoms with Crippen LogP contribution in [-0.2, 0) is 16.6 Å². The molecule has 0 aliphatic heterocycles. The first kappa shape index (κ1) is 16.2. The molecular weight excluding hydrogens is 287 g/mol. The van der Waals surface area contributed by atoms with Gasteiger partial charge in [-0.2, -0.15) is 18.2 Å². The second-order valence-corrected chi connectivity index (χ2v) is 5.48. The quantitative estimate of drug-likeness (QED) is 0.817. The van der Waals surface area contributed by atoms with Crippen LogP contribution in [0.25, 0.3) is 0 Å². The van der Waals surface area contributed by atoms with Crippen molar-refractivity contribution in [3.63, 3.8) is 0 Å². The van der Waals surface area contributed by atoms with Gasteiger partial charge in [0.2, 0.25) is 5.89 Å². The normalized spacial score (nSPS) is 18.9. The molecule has 8 heteroatoms. The zero-order valence-corrected chi connectivity index (χ0v) is 11.8. The van der Waals surface area contributed by atoms with Gasteiger partial charge >= 0.3 is 6.18 Å². The van der Waals surface area contributed by atoms with E-state index in [1.807, 2.05) is 0 Å². The molecule has 0 atom stereocenters. The van der Waals surface area contributed by atoms with Crippen LogP contribution in [0, 0.1) is 0 Å². The molecule has 1 heterocycles. The number of nitrogens with zero attached hydrogens (tertiary/aromatic N) is 2. The fraction of sp³-hybridized carbons (Fsp3) is 0.846. The predicted molar refractivity (Wildman–Crippen MR) is 68.7 cm³/mol. The molecule has 1 saturated carbocycles. The molecule has 0 bridgehead atoms. The maximum absolute atomic E-state index is 11.9. The van der Waals surface area contributed by atoms with Crippen LogP contribution in [0.3, 0.4) is 0 Å². The molecule has 0 aromatic carbocycles. The zero-order valence-electron chi connectivity index (χ0n) is 11.8. The molecule has 1 fully saturated rings. The number of alkyl halides is 3. The average Bonchev–Trinajstić information content (AvgIpc) is 2.93. The highest BCUT2D eigenvalue weighted by molar-refractivity contribution is 5.08. The highest BCUT2D eigenvalue weighted by atomic mass is 19.4. The van der Waals surface area contributed by atoms with E-state index in [0.29, 0.717) is 18.3 Å². The summed E-state index contributed by atoms with van der Waals surface area (Å²) in [5, 5.41) is 3.82. The first-order chi connectivity index (χ1) is 9.95. The van der Waals surface area contributed by atoms with Gasteiger partial charge in [0.15, 0.2) is 5.82 Å². The van der Waals surface area contributed by atoms with Crippen LogP contribution < -0.4 is 5.73 Å². The second kappa shape index (κ2) is 6.74. The topological polar surface area (TPSA) is 74.2 Å². The van der Waals surface area contributed by atoms with Gasteiger partial charge in [0.05, 0.1) is 12.0 Å². The van der Waals surface area contributed by atoms with E-state index >= 15 is 0 Å². The van der Waals surface area contributed by atoms with Gasteiger partial charge in [-0.05, 0) is 12.8 Å². The minimum absolute atomic E-state index is 0.0892. The summed E-state index contributed by atoms with van der Waals surface area (Å²) >= 11 is 0. The summed E-state index contributed by atoms with van der Waals surface area (Å²) in [4.78, 5) is 4.29. The third kappa shape index (κ3) is 4.41. The summed E-state index contributed by atoms with van der Waals surface area (Å²) < 4.78 is 45.6. The third-order valence-electron chi connectivity index (χ3n) is 3.86. The van der Waals surface area contributed by atoms with Crippen LogP contribution in [-0.4, -0.2) is 36.1 Å². The van der Waals surface area contributed by atoms with E-state index in [2.05, 4.69) is 14.9 Å². The van der Waals surface area contributed by atoms with E-state index in [9.17, 15) is 13.2 Å². The Morgan fingerprint density at radius 1 is 1.24 bits per heavy atom. The molecule has 120 valence electrons. The van der Waals surface area contributed by atoms with E-state index in [-0.39, 0.29) is 18.4 Å². The summed E-state index contributed by atoms with van der Waals surface area (Å²) in [6.45, 7) is -0.905. The first-order valence-corrected chi connectivity index (χ1v) is 7.13. The van der Waals surface area contributed by atoms with E-state index in [4.69, 9.17) is 10.3 Å². The van der Waals surface area contributed by atoms with E-state index in [1.165, 1.54) is 6.42 Å². The number of halogens is 3. The van der Waals surface area contributed by atoms with Crippen LogP contribution in [0.1, 0.15) is 43.8 Å². The lowest BCUT2D eigenvalue weighted by molar-refractivity contribution is -0.173. The lowest BCUT2D eigenvalue weighted by atomic mass is 9.74. The Balaban J connectivity index is 1.88. The van der Waals surface area contributed by atoms with Gasteiger partial charge in [0.25, 0.3) is 0 Å². The van der Waals surface area contributed by atoms with Gasteiger partial charge < -0.3 is 15.0 Å². The first-order valence-electron chi connectivity index (χ1n) is 7.13. The lowest BCUT2D eigenvalue weighted by Crippen LogP contribution is -2.37. The molecule has 0 amide bonds. The third-order valence-corrected chi connectivity index (χ3v) is 3.86. The van der Waals surface area contributed by atoms with Crippen molar-refractivity contribution >= 4 is 0 Å². The van der Waals surface area contributed by atoms with Gasteiger partial charge in [-0.15, -0.1) is 0 Å². The van der Waals surface area contributed by atoms with E-state index < -0.39 is 12.8 Å². The van der Waals surface area contributed by atoms with Crippen molar-refractivity contribution in [1.82, 2.24) is 10.1 Å². The molecule has 0 saturated heterocycles. The fourth-order valence-electron chi connectivity index (χ4n) is 2.66. The number of hydrogen-bond acceptors (Lipinski definition) is 5. The van der Waals surface area contributed by atoms with Crippen LogP contribution in [0.4, 0.5) is 13.2 Å². The molecule has 2 rings (SSSR count). The Bertz CT molecular complexity index is 442. The van der Waals surface area contributed by atoms with Crippen LogP contribution in [0.2, 0.25) is 0 Å². The Labute approximate surface area is 121 Å². The number of nitrogens with two attached hydrogens (primary N) is 1. The fourth-order valence-corrected chi connectivity index (χ4v) is 2.66. The number of rotatable bonds is 6. The monoisotopic (exact) mass is 307 g/mol. The molecule has 0 radical (unpaired) electrons. The zero-order chi connectivity index (χ0) is 15.3. The smallest absolute Gasteiger partial charge is 0.372 e. The standard InChI is InChI=1S/C13H20F3N3O2/c14-13(15,16)9-20-7-4-10-18-11(21-19-10)12(8-17)5-2-1-3-6-12/h1-9,17H2. The second-order valence-electron chi connectivity index (χ2n) is 5.48. The van der Waals surface area contributed by atoms with Crippen molar-refractivity contribution < 1.29 is 22.4 Å². The van der Waals surface area contributed by atoms with Gasteiger partial charge in [-0.3, -0.25) is 0 Å². The van der Waals surface area contributed by atoms with Gasteiger partial charge in [0, 0.05) is 13.0 Å². The van der Waals surface area contributed by atoms with Crippen molar-refractivity contribution in [2.75, 3.05) is 19.8 Å².